The molecule has 0 aliphatic carbocycles. The summed E-state index contributed by atoms with van der Waals surface area (Å²) in [5, 5.41) is 10.9. The molecule has 29 heavy (non-hydrogen) atoms. The van der Waals surface area contributed by atoms with E-state index in [4.69, 9.17) is 9.47 Å². The smallest absolute Gasteiger partial charge is 0.191 e. The molecule has 1 aliphatic heterocycles. The van der Waals surface area contributed by atoms with E-state index in [1.54, 1.807) is 7.05 Å². The van der Waals surface area contributed by atoms with Crippen LogP contribution in [0, 0.1) is 12.8 Å². The third-order valence-corrected chi connectivity index (χ3v) is 4.86. The molecule has 2 N–H and O–H groups in total. The first-order valence-corrected chi connectivity index (χ1v) is 9.86. The van der Waals surface area contributed by atoms with Gasteiger partial charge in [-0.25, -0.2) is 0 Å². The van der Waals surface area contributed by atoms with Crippen LogP contribution >= 0.6 is 24.0 Å². The van der Waals surface area contributed by atoms with E-state index >= 15 is 0 Å². The van der Waals surface area contributed by atoms with E-state index in [2.05, 4.69) is 45.8 Å². The maximum absolute atomic E-state index is 6.12. The highest BCUT2D eigenvalue weighted by Gasteiger charge is 2.17. The molecule has 1 aromatic heterocycles. The van der Waals surface area contributed by atoms with Crippen molar-refractivity contribution in [3.63, 3.8) is 0 Å². The largest absolute Gasteiger partial charge is 0.493 e. The summed E-state index contributed by atoms with van der Waals surface area (Å²) < 4.78 is 13.4. The van der Waals surface area contributed by atoms with Crippen LogP contribution in [0.3, 0.4) is 0 Å². The van der Waals surface area contributed by atoms with Crippen LogP contribution in [0.2, 0.25) is 0 Å². The minimum absolute atomic E-state index is 0. The van der Waals surface area contributed by atoms with Gasteiger partial charge < -0.3 is 20.1 Å². The monoisotopic (exact) mass is 513 g/mol. The maximum atomic E-state index is 6.12. The Morgan fingerprint density at radius 3 is 2.93 bits per heavy atom. The molecule has 1 fully saturated rings. The number of halogens is 1. The van der Waals surface area contributed by atoms with Gasteiger partial charge in [0.1, 0.15) is 5.75 Å². The number of ether oxygens (including phenoxy) is 2. The fraction of sp³-hybridized carbons (Fsp3) is 0.524. The average Bonchev–Trinajstić information content (AvgIpc) is 3.35. The second kappa shape index (κ2) is 12.0. The molecule has 2 heterocycles. The summed E-state index contributed by atoms with van der Waals surface area (Å²) >= 11 is 0. The van der Waals surface area contributed by atoms with Crippen LogP contribution in [-0.2, 0) is 24.8 Å². The van der Waals surface area contributed by atoms with E-state index in [9.17, 15) is 0 Å². The highest BCUT2D eigenvalue weighted by molar-refractivity contribution is 14.0. The zero-order valence-electron chi connectivity index (χ0n) is 17.5. The van der Waals surface area contributed by atoms with Crippen LogP contribution in [0.1, 0.15) is 23.1 Å². The maximum Gasteiger partial charge on any atom is 0.191 e. The van der Waals surface area contributed by atoms with Crippen LogP contribution in [0.5, 0.6) is 5.75 Å². The van der Waals surface area contributed by atoms with Gasteiger partial charge in [-0.05, 0) is 37.0 Å². The van der Waals surface area contributed by atoms with Crippen LogP contribution in [0.25, 0.3) is 0 Å². The molecule has 0 saturated carbocycles. The van der Waals surface area contributed by atoms with Gasteiger partial charge in [0.15, 0.2) is 5.96 Å². The molecule has 0 spiro atoms. The van der Waals surface area contributed by atoms with Gasteiger partial charge in [0.2, 0.25) is 0 Å². The van der Waals surface area contributed by atoms with Crippen molar-refractivity contribution in [3.05, 3.63) is 47.3 Å². The predicted octanol–water partition coefficient (Wildman–Crippen LogP) is 2.67. The average molecular weight is 513 g/mol. The number of guanidine groups is 1. The summed E-state index contributed by atoms with van der Waals surface area (Å²) in [4.78, 5) is 4.31. The lowest BCUT2D eigenvalue weighted by molar-refractivity contribution is 0.166. The minimum atomic E-state index is 0. The normalized spacial score (nSPS) is 16.4. The SMILES string of the molecule is CN=C(NCCc1cnn(C)c1)NCc1ccc(C)cc1OCC1CCOC1.I. The zero-order chi connectivity index (χ0) is 19.8. The molecular weight excluding hydrogens is 481 g/mol. The second-order valence-corrected chi connectivity index (χ2v) is 7.28. The Balaban J connectivity index is 0.00000300. The van der Waals surface area contributed by atoms with E-state index in [0.717, 1.165) is 49.9 Å². The van der Waals surface area contributed by atoms with Crippen molar-refractivity contribution < 1.29 is 9.47 Å². The van der Waals surface area contributed by atoms with Gasteiger partial charge in [0, 0.05) is 51.5 Å². The second-order valence-electron chi connectivity index (χ2n) is 7.28. The van der Waals surface area contributed by atoms with Crippen LogP contribution < -0.4 is 15.4 Å². The quantitative estimate of drug-likeness (QED) is 0.323. The zero-order valence-corrected chi connectivity index (χ0v) is 19.8. The molecule has 2 aromatic rings. The van der Waals surface area contributed by atoms with Crippen LogP contribution in [0.15, 0.2) is 35.6 Å². The molecule has 0 radical (unpaired) electrons. The number of nitrogens with zero attached hydrogens (tertiary/aromatic N) is 3. The predicted molar refractivity (Wildman–Crippen MR) is 126 cm³/mol. The summed E-state index contributed by atoms with van der Waals surface area (Å²) in [7, 11) is 3.71. The number of benzene rings is 1. The summed E-state index contributed by atoms with van der Waals surface area (Å²) in [6.45, 7) is 5.88. The molecule has 1 atom stereocenters. The Kier molecular flexibility index (Phi) is 9.72. The molecule has 1 unspecified atom stereocenters. The lowest BCUT2D eigenvalue weighted by atomic mass is 10.1. The molecule has 3 rings (SSSR count). The van der Waals surface area contributed by atoms with Crippen molar-refractivity contribution in [3.8, 4) is 5.75 Å². The van der Waals surface area contributed by atoms with Crippen molar-refractivity contribution in [1.29, 1.82) is 0 Å². The molecule has 7 nitrogen and oxygen atoms in total. The Morgan fingerprint density at radius 2 is 2.24 bits per heavy atom. The lowest BCUT2D eigenvalue weighted by Gasteiger charge is -2.17. The third-order valence-electron chi connectivity index (χ3n) is 4.86. The number of hydrogen-bond acceptors (Lipinski definition) is 4. The molecule has 160 valence electrons. The lowest BCUT2D eigenvalue weighted by Crippen LogP contribution is -2.37. The number of aryl methyl sites for hydroxylation is 2. The topological polar surface area (TPSA) is 72.7 Å². The Hall–Kier alpha value is -1.81. The van der Waals surface area contributed by atoms with E-state index in [-0.39, 0.29) is 24.0 Å². The van der Waals surface area contributed by atoms with Gasteiger partial charge in [0.05, 0.1) is 19.4 Å². The fourth-order valence-electron chi connectivity index (χ4n) is 3.19. The molecule has 8 heteroatoms. The summed E-state index contributed by atoms with van der Waals surface area (Å²) in [6, 6.07) is 6.33. The van der Waals surface area contributed by atoms with Gasteiger partial charge in [-0.2, -0.15) is 5.10 Å². The first-order chi connectivity index (χ1) is 13.6. The van der Waals surface area contributed by atoms with Crippen LogP contribution in [-0.4, -0.2) is 49.2 Å². The van der Waals surface area contributed by atoms with E-state index in [1.807, 2.05) is 24.1 Å². The number of nitrogens with one attached hydrogen (secondary N) is 2. The highest BCUT2D eigenvalue weighted by Crippen LogP contribution is 2.22. The van der Waals surface area contributed by atoms with Crippen molar-refractivity contribution >= 4 is 29.9 Å². The highest BCUT2D eigenvalue weighted by atomic mass is 127. The number of hydrogen-bond donors (Lipinski definition) is 2. The van der Waals surface area contributed by atoms with Crippen molar-refractivity contribution in [1.82, 2.24) is 20.4 Å². The Bertz CT molecular complexity index is 787. The van der Waals surface area contributed by atoms with Gasteiger partial charge in [-0.15, -0.1) is 24.0 Å². The molecular formula is C21H32IN5O2. The van der Waals surface area contributed by atoms with Crippen molar-refractivity contribution in [2.45, 2.75) is 26.3 Å². The third kappa shape index (κ3) is 7.50. The van der Waals surface area contributed by atoms with Gasteiger partial charge in [-0.1, -0.05) is 12.1 Å². The van der Waals surface area contributed by atoms with Gasteiger partial charge >= 0.3 is 0 Å². The number of aliphatic imine (C=N–C) groups is 1. The van der Waals surface area contributed by atoms with Gasteiger partial charge in [-0.3, -0.25) is 9.67 Å². The Morgan fingerprint density at radius 1 is 1.38 bits per heavy atom. The number of aromatic nitrogens is 2. The molecule has 0 bridgehead atoms. The van der Waals surface area contributed by atoms with E-state index in [1.165, 1.54) is 11.1 Å². The standard InChI is InChI=1S/C21H31N5O2.HI/c1-16-4-5-19(20(10-16)28-15-18-7-9-27-14-18)12-24-21(22-2)23-8-6-17-11-25-26(3)13-17;/h4-5,10-11,13,18H,6-9,12,14-15H2,1-3H3,(H2,22,23,24);1H. The molecule has 1 aliphatic rings. The number of rotatable bonds is 8. The van der Waals surface area contributed by atoms with E-state index in [0.29, 0.717) is 19.1 Å². The first-order valence-electron chi connectivity index (χ1n) is 9.86. The minimum Gasteiger partial charge on any atom is -0.493 e. The fourth-order valence-corrected chi connectivity index (χ4v) is 3.19. The first kappa shape index (κ1) is 23.5. The molecule has 1 aromatic carbocycles. The Labute approximate surface area is 190 Å². The van der Waals surface area contributed by atoms with Crippen LogP contribution in [0.4, 0.5) is 0 Å². The van der Waals surface area contributed by atoms with Crippen molar-refractivity contribution in [2.24, 2.45) is 18.0 Å². The summed E-state index contributed by atoms with van der Waals surface area (Å²) in [5.41, 5.74) is 3.52. The summed E-state index contributed by atoms with van der Waals surface area (Å²) in [5.74, 6) is 2.20. The molecule has 0 amide bonds. The molecule has 1 saturated heterocycles. The van der Waals surface area contributed by atoms with Crippen molar-refractivity contribution in [2.75, 3.05) is 33.4 Å². The summed E-state index contributed by atoms with van der Waals surface area (Å²) in [6.07, 6.45) is 5.90. The van der Waals surface area contributed by atoms with E-state index < -0.39 is 0 Å². The van der Waals surface area contributed by atoms with Gasteiger partial charge in [0.25, 0.3) is 0 Å².